The first-order chi connectivity index (χ1) is 18.3. The molecule has 0 bridgehead atoms. The van der Waals surface area contributed by atoms with Gasteiger partial charge in [0.25, 0.3) is 0 Å². The minimum atomic E-state index is -4.34. The van der Waals surface area contributed by atoms with Gasteiger partial charge in [-0.2, -0.15) is 0 Å². The summed E-state index contributed by atoms with van der Waals surface area (Å²) in [7, 11) is -1.45. The highest BCUT2D eigenvalue weighted by Gasteiger charge is 2.27. The molecule has 8 nitrogen and oxygen atoms in total. The lowest BCUT2D eigenvalue weighted by Gasteiger charge is -2.18. The Hall–Kier alpha value is -1.08. The van der Waals surface area contributed by atoms with Crippen LogP contribution < -0.4 is 0 Å². The molecule has 9 heteroatoms. The molecule has 0 heterocycles. The first kappa shape index (κ1) is 36.9. The van der Waals surface area contributed by atoms with E-state index in [1.807, 2.05) is 0 Å². The third kappa shape index (κ3) is 25.2. The Kier molecular flexibility index (Phi) is 25.4. The van der Waals surface area contributed by atoms with Crippen molar-refractivity contribution in [2.45, 2.75) is 155 Å². The summed E-state index contributed by atoms with van der Waals surface area (Å²) < 4.78 is 31.1. The highest BCUT2D eigenvalue weighted by Crippen LogP contribution is 2.42. The molecule has 0 radical (unpaired) electrons. The number of phosphoric ester groups is 1. The fourth-order valence-electron chi connectivity index (χ4n) is 4.17. The molecule has 0 aliphatic carbocycles. The van der Waals surface area contributed by atoms with Gasteiger partial charge in [0.2, 0.25) is 7.11 Å². The van der Waals surface area contributed by atoms with Crippen LogP contribution in [0.15, 0.2) is 0 Å². The number of rotatable bonds is 28. The summed E-state index contributed by atoms with van der Waals surface area (Å²) in [6.07, 6.45) is 21.7. The summed E-state index contributed by atoms with van der Waals surface area (Å²) in [5, 5.41) is 0. The molecule has 0 amide bonds. The predicted molar refractivity (Wildman–Crippen MR) is 151 cm³/mol. The lowest BCUT2D eigenvalue weighted by Crippen LogP contribution is -2.29. The van der Waals surface area contributed by atoms with Gasteiger partial charge < -0.3 is 14.4 Å². The van der Waals surface area contributed by atoms with Crippen LogP contribution in [0.4, 0.5) is 0 Å². The number of esters is 2. The number of carbonyl (C=O) groups excluding carboxylic acids is 2. The minimum Gasteiger partial charge on any atom is -0.462 e. The van der Waals surface area contributed by atoms with Gasteiger partial charge in [-0.3, -0.25) is 14.1 Å². The molecule has 1 N–H and O–H groups in total. The van der Waals surface area contributed by atoms with Crippen molar-refractivity contribution in [3.8, 4) is 0 Å². The van der Waals surface area contributed by atoms with E-state index in [1.165, 1.54) is 70.6 Å². The molecule has 1 unspecified atom stereocenters. The number of hydrogen-bond donors (Lipinski definition) is 1. The second-order valence-corrected chi connectivity index (χ2v) is 11.7. The molecule has 38 heavy (non-hydrogen) atoms. The maximum Gasteiger partial charge on any atom is 0.512 e. The molecule has 0 saturated heterocycles. The molecule has 0 aromatic carbocycles. The number of hydrogen-bond acceptors (Lipinski definition) is 7. The van der Waals surface area contributed by atoms with Gasteiger partial charge in [0.1, 0.15) is 6.61 Å². The Morgan fingerprint density at radius 2 is 1.05 bits per heavy atom. The maximum atomic E-state index is 12.2. The van der Waals surface area contributed by atoms with Crippen molar-refractivity contribution in [1.82, 2.24) is 0 Å². The Bertz CT molecular complexity index is 613. The lowest BCUT2D eigenvalue weighted by molar-refractivity contribution is -0.161. The zero-order valence-corrected chi connectivity index (χ0v) is 25.2. The van der Waals surface area contributed by atoms with Crippen LogP contribution in [0, 0.1) is 7.11 Å². The Morgan fingerprint density at radius 3 is 1.47 bits per heavy atom. The number of unbranched alkanes of at least 4 members (excludes halogenated alkanes) is 17. The smallest absolute Gasteiger partial charge is 0.462 e. The predicted octanol–water partition coefficient (Wildman–Crippen LogP) is 8.60. The van der Waals surface area contributed by atoms with Crippen LogP contribution in [-0.4, -0.2) is 36.1 Å². The second kappa shape index (κ2) is 26.2. The van der Waals surface area contributed by atoms with Crippen molar-refractivity contribution in [3.63, 3.8) is 0 Å². The van der Waals surface area contributed by atoms with Crippen molar-refractivity contribution in [3.05, 3.63) is 7.11 Å². The van der Waals surface area contributed by atoms with E-state index in [9.17, 15) is 19.0 Å². The Balaban J connectivity index is 4.06. The molecule has 0 aliphatic rings. The van der Waals surface area contributed by atoms with E-state index < -0.39 is 26.5 Å². The second-order valence-electron chi connectivity index (χ2n) is 10.2. The molecular formula is C29H56O8P+. The maximum absolute atomic E-state index is 12.2. The summed E-state index contributed by atoms with van der Waals surface area (Å²) in [5.74, 6) is -0.837. The molecule has 0 aliphatic heterocycles. The van der Waals surface area contributed by atoms with Crippen molar-refractivity contribution in [2.24, 2.45) is 0 Å². The van der Waals surface area contributed by atoms with E-state index in [4.69, 9.17) is 14.0 Å². The third-order valence-corrected chi connectivity index (χ3v) is 7.34. The first-order valence-electron chi connectivity index (χ1n) is 15.1. The summed E-state index contributed by atoms with van der Waals surface area (Å²) in [5.41, 5.74) is 0. The van der Waals surface area contributed by atoms with Gasteiger partial charge in [0.15, 0.2) is 6.10 Å². The largest absolute Gasteiger partial charge is 0.512 e. The highest BCUT2D eigenvalue weighted by molar-refractivity contribution is 7.47. The summed E-state index contributed by atoms with van der Waals surface area (Å²) in [4.78, 5) is 33.8. The molecule has 224 valence electrons. The molecule has 0 aromatic heterocycles. The van der Waals surface area contributed by atoms with Crippen molar-refractivity contribution in [1.29, 1.82) is 0 Å². The van der Waals surface area contributed by atoms with Crippen LogP contribution in [-0.2, 0) is 32.7 Å². The minimum absolute atomic E-state index is 0.234. The lowest BCUT2D eigenvalue weighted by atomic mass is 10.0. The quantitative estimate of drug-likeness (QED) is 0.0436. The van der Waals surface area contributed by atoms with E-state index in [1.54, 1.807) is 0 Å². The number of ether oxygens (including phenoxy) is 2. The van der Waals surface area contributed by atoms with Gasteiger partial charge in [0, 0.05) is 12.8 Å². The highest BCUT2D eigenvalue weighted by atomic mass is 31.2. The van der Waals surface area contributed by atoms with Gasteiger partial charge in [-0.05, 0) is 12.8 Å². The van der Waals surface area contributed by atoms with E-state index in [0.29, 0.717) is 6.42 Å². The SMILES string of the molecule is [CH2+]OP(=O)(O)OC[C@@H](COC(=O)CCCCCCCCCCCCCCC)OC(=O)CCCCCCCC. The summed E-state index contributed by atoms with van der Waals surface area (Å²) in [6.45, 7) is 3.72. The van der Waals surface area contributed by atoms with Gasteiger partial charge in [-0.25, -0.2) is 4.57 Å². The fourth-order valence-corrected chi connectivity index (χ4v) is 4.60. The first-order valence-corrected chi connectivity index (χ1v) is 16.6. The van der Waals surface area contributed by atoms with Gasteiger partial charge in [0.05, 0.1) is 6.61 Å². The van der Waals surface area contributed by atoms with E-state index >= 15 is 0 Å². The van der Waals surface area contributed by atoms with E-state index in [0.717, 1.165) is 44.9 Å². The van der Waals surface area contributed by atoms with Gasteiger partial charge in [-0.15, -0.1) is 0 Å². The molecular weight excluding hydrogens is 507 g/mol. The molecule has 0 saturated carbocycles. The van der Waals surface area contributed by atoms with Crippen LogP contribution >= 0.6 is 7.82 Å². The molecule has 2 atom stereocenters. The molecule has 0 rings (SSSR count). The van der Waals surface area contributed by atoms with Crippen LogP contribution in [0.2, 0.25) is 0 Å². The average molecular weight is 564 g/mol. The third-order valence-electron chi connectivity index (χ3n) is 6.53. The topological polar surface area (TPSA) is 108 Å². The van der Waals surface area contributed by atoms with Gasteiger partial charge >= 0.3 is 19.8 Å². The fraction of sp³-hybridized carbons (Fsp3) is 0.897. The molecule has 0 spiro atoms. The Morgan fingerprint density at radius 1 is 0.658 bits per heavy atom. The normalized spacial score (nSPS) is 13.7. The molecule has 0 aromatic rings. The van der Waals surface area contributed by atoms with Crippen molar-refractivity contribution < 1.29 is 37.6 Å². The number of carbonyl (C=O) groups is 2. The average Bonchev–Trinajstić information content (AvgIpc) is 2.90. The summed E-state index contributed by atoms with van der Waals surface area (Å²) in [6, 6.07) is 0. The zero-order chi connectivity index (χ0) is 28.3. The number of phosphoric acid groups is 1. The van der Waals surface area contributed by atoms with Crippen molar-refractivity contribution in [2.75, 3.05) is 13.2 Å². The summed E-state index contributed by atoms with van der Waals surface area (Å²) >= 11 is 0. The van der Waals surface area contributed by atoms with Gasteiger partial charge in [-0.1, -0.05) is 128 Å². The standard InChI is InChI=1S/C29H55O8P/c1-4-6-8-10-12-13-14-15-16-17-18-20-21-23-28(30)35-25-27(26-36-38(32,33)34-3)37-29(31)24-22-19-11-9-7-5-2/h27H,3-26H2,1-2H3/p+1/t27-/m1/s1. The van der Waals surface area contributed by atoms with E-state index in [-0.39, 0.29) is 25.4 Å². The van der Waals surface area contributed by atoms with Crippen LogP contribution in [0.1, 0.15) is 149 Å². The van der Waals surface area contributed by atoms with Crippen molar-refractivity contribution >= 4 is 19.8 Å². The monoisotopic (exact) mass is 563 g/mol. The Labute approximate surface area is 232 Å². The van der Waals surface area contributed by atoms with Crippen LogP contribution in [0.25, 0.3) is 0 Å². The van der Waals surface area contributed by atoms with Crippen LogP contribution in [0.3, 0.4) is 0 Å². The van der Waals surface area contributed by atoms with E-state index in [2.05, 4.69) is 25.5 Å². The zero-order valence-electron chi connectivity index (χ0n) is 24.3. The van der Waals surface area contributed by atoms with Crippen LogP contribution in [0.5, 0.6) is 0 Å². The molecule has 0 fully saturated rings.